The number of cyclic esters (lactones) is 1. The monoisotopic (exact) mass is 504 g/mol. The highest BCUT2D eigenvalue weighted by molar-refractivity contribution is 5.98. The average Bonchev–Trinajstić information content (AvgIpc) is 3.45. The van der Waals surface area contributed by atoms with Crippen molar-refractivity contribution in [2.75, 3.05) is 0 Å². The van der Waals surface area contributed by atoms with Crippen LogP contribution in [-0.2, 0) is 19.1 Å². The smallest absolute Gasteiger partial charge is 0.311 e. The van der Waals surface area contributed by atoms with Crippen LogP contribution in [0.5, 0.6) is 0 Å². The minimum Gasteiger partial charge on any atom is -0.459 e. The van der Waals surface area contributed by atoms with Gasteiger partial charge in [0.05, 0.1) is 29.1 Å². The summed E-state index contributed by atoms with van der Waals surface area (Å²) < 4.78 is 11.8. The number of ketones is 1. The van der Waals surface area contributed by atoms with Crippen LogP contribution < -0.4 is 0 Å². The molecular weight excluding hydrogens is 464 g/mol. The van der Waals surface area contributed by atoms with E-state index in [1.54, 1.807) is 26.8 Å². The van der Waals surface area contributed by atoms with E-state index in [-0.39, 0.29) is 36.1 Å². The summed E-state index contributed by atoms with van der Waals surface area (Å²) in [5, 5.41) is 45.1. The van der Waals surface area contributed by atoms with E-state index in [0.29, 0.717) is 19.3 Å². The normalized spacial score (nSPS) is 59.2. The lowest BCUT2D eigenvalue weighted by Gasteiger charge is -2.59. The quantitative estimate of drug-likeness (QED) is 0.328. The maximum atomic E-state index is 13.3. The van der Waals surface area contributed by atoms with Crippen LogP contribution in [0.4, 0.5) is 0 Å². The first-order valence-electron chi connectivity index (χ1n) is 13.5. The second kappa shape index (κ2) is 7.20. The van der Waals surface area contributed by atoms with Gasteiger partial charge in [0.1, 0.15) is 23.4 Å². The van der Waals surface area contributed by atoms with Gasteiger partial charge >= 0.3 is 5.97 Å². The highest BCUT2D eigenvalue weighted by Crippen LogP contribution is 2.73. The van der Waals surface area contributed by atoms with Crippen LogP contribution in [0.1, 0.15) is 66.7 Å². The Hall–Kier alpha value is -1.32. The predicted molar refractivity (Wildman–Crippen MR) is 127 cm³/mol. The Kier molecular flexibility index (Phi) is 5.00. The topological polar surface area (TPSA) is 137 Å². The molecule has 14 atom stereocenters. The van der Waals surface area contributed by atoms with Crippen molar-refractivity contribution in [3.05, 3.63) is 12.2 Å². The third-order valence-electron chi connectivity index (χ3n) is 12.1. The molecule has 2 aliphatic heterocycles. The Morgan fingerprint density at radius 1 is 1.11 bits per heavy atom. The molecule has 6 rings (SSSR count). The van der Waals surface area contributed by atoms with Crippen molar-refractivity contribution in [1.29, 1.82) is 0 Å². The van der Waals surface area contributed by atoms with Gasteiger partial charge in [0.2, 0.25) is 0 Å². The second-order valence-corrected chi connectivity index (χ2v) is 13.6. The molecule has 36 heavy (non-hydrogen) atoms. The minimum absolute atomic E-state index is 0.00108. The van der Waals surface area contributed by atoms with Crippen molar-refractivity contribution in [2.45, 2.75) is 108 Å². The molecule has 4 aliphatic carbocycles. The molecule has 5 fully saturated rings. The van der Waals surface area contributed by atoms with E-state index in [1.165, 1.54) is 6.08 Å². The maximum Gasteiger partial charge on any atom is 0.311 e. The van der Waals surface area contributed by atoms with Gasteiger partial charge in [-0.2, -0.15) is 0 Å². The molecule has 0 aromatic carbocycles. The number of rotatable bonds is 2. The molecule has 0 unspecified atom stereocenters. The van der Waals surface area contributed by atoms with Crippen LogP contribution in [0.3, 0.4) is 0 Å². The Morgan fingerprint density at radius 3 is 2.47 bits per heavy atom. The highest BCUT2D eigenvalue weighted by atomic mass is 16.6. The van der Waals surface area contributed by atoms with Crippen LogP contribution in [-0.4, -0.2) is 73.4 Å². The zero-order chi connectivity index (χ0) is 26.2. The molecule has 0 radical (unpaired) electrons. The second-order valence-electron chi connectivity index (χ2n) is 13.6. The summed E-state index contributed by atoms with van der Waals surface area (Å²) in [6.45, 7) is 8.91. The molecule has 1 spiro atoms. The number of fused-ring (bicyclic) bond motifs is 4. The van der Waals surface area contributed by atoms with E-state index in [0.717, 1.165) is 6.42 Å². The van der Waals surface area contributed by atoms with Crippen LogP contribution in [0, 0.1) is 40.4 Å². The SMILES string of the molecule is C[C@H]1C(=O)O[C@@H]([C@](C)(O)[C@H]2[C@@H](O)C[C@H]3[C@@H]4C[C@H]5O[C@]56[C@@H](O)C=CC(=O)[C@]6(C)[C@H]4CC[C@]23C)C[C@@]1(C)O. The van der Waals surface area contributed by atoms with E-state index < -0.39 is 63.8 Å². The van der Waals surface area contributed by atoms with Gasteiger partial charge < -0.3 is 29.9 Å². The fraction of sp³-hybridized carbons (Fsp3) is 0.857. The lowest BCUT2D eigenvalue weighted by atomic mass is 9.44. The summed E-state index contributed by atoms with van der Waals surface area (Å²) in [7, 11) is 0. The molecular formula is C28H40O8. The predicted octanol–water partition coefficient (Wildman–Crippen LogP) is 1.52. The highest BCUT2D eigenvalue weighted by Gasteiger charge is 2.80. The van der Waals surface area contributed by atoms with Gasteiger partial charge in [0, 0.05) is 12.3 Å². The van der Waals surface area contributed by atoms with Crippen molar-refractivity contribution in [3.63, 3.8) is 0 Å². The van der Waals surface area contributed by atoms with Crippen molar-refractivity contribution >= 4 is 11.8 Å². The van der Waals surface area contributed by atoms with E-state index in [1.807, 2.05) is 6.92 Å². The molecule has 0 aromatic heterocycles. The van der Waals surface area contributed by atoms with Crippen LogP contribution in [0.2, 0.25) is 0 Å². The molecule has 6 aliphatic rings. The number of esters is 1. The first-order chi connectivity index (χ1) is 16.6. The Balaban J connectivity index is 1.33. The number of carbonyl (C=O) groups is 2. The van der Waals surface area contributed by atoms with E-state index >= 15 is 0 Å². The van der Waals surface area contributed by atoms with Crippen molar-refractivity contribution < 1.29 is 39.5 Å². The number of hydrogen-bond acceptors (Lipinski definition) is 8. The summed E-state index contributed by atoms with van der Waals surface area (Å²) in [5.41, 5.74) is -4.99. The van der Waals surface area contributed by atoms with Crippen LogP contribution in [0.25, 0.3) is 0 Å². The van der Waals surface area contributed by atoms with Gasteiger partial charge in [-0.3, -0.25) is 9.59 Å². The number of hydrogen-bond donors (Lipinski definition) is 4. The zero-order valence-corrected chi connectivity index (χ0v) is 21.8. The Labute approximate surface area is 212 Å². The van der Waals surface area contributed by atoms with Gasteiger partial charge in [-0.05, 0) is 88.7 Å². The molecule has 200 valence electrons. The average molecular weight is 505 g/mol. The molecule has 8 nitrogen and oxygen atoms in total. The third kappa shape index (κ3) is 2.78. The summed E-state index contributed by atoms with van der Waals surface area (Å²) in [4.78, 5) is 25.9. The number of ether oxygens (including phenoxy) is 2. The molecule has 0 aromatic rings. The fourth-order valence-corrected chi connectivity index (χ4v) is 9.88. The largest absolute Gasteiger partial charge is 0.459 e. The summed E-state index contributed by atoms with van der Waals surface area (Å²) in [6.07, 6.45) is 3.00. The molecule has 8 heteroatoms. The maximum absolute atomic E-state index is 13.3. The molecule has 0 bridgehead atoms. The third-order valence-corrected chi connectivity index (χ3v) is 12.1. The van der Waals surface area contributed by atoms with Crippen LogP contribution >= 0.6 is 0 Å². The number of aliphatic hydroxyl groups is 4. The van der Waals surface area contributed by atoms with Crippen molar-refractivity contribution in [3.8, 4) is 0 Å². The van der Waals surface area contributed by atoms with Gasteiger partial charge in [0.15, 0.2) is 5.78 Å². The van der Waals surface area contributed by atoms with Gasteiger partial charge in [-0.15, -0.1) is 0 Å². The standard InChI is InChI=1S/C28H40O8/c1-13-23(32)35-21(12-25(13,3)33)27(5,34)22-17(29)11-16-14-10-20-28(36-20)19(31)7-6-18(30)26(28,4)15(14)8-9-24(16,22)2/h6-7,13-17,19-22,29,31,33-34H,8-12H2,1-5H3/t13-,14+,15-,16-,17-,19-,20+,21+,22-,24-,25+,26-,27-,28+/m0/s1. The summed E-state index contributed by atoms with van der Waals surface area (Å²) >= 11 is 0. The van der Waals surface area contributed by atoms with E-state index in [2.05, 4.69) is 6.92 Å². The number of carbonyl (C=O) groups excluding carboxylic acids is 2. The number of aliphatic hydroxyl groups excluding tert-OH is 2. The zero-order valence-electron chi connectivity index (χ0n) is 21.8. The minimum atomic E-state index is -1.55. The summed E-state index contributed by atoms with van der Waals surface area (Å²) in [6, 6.07) is 0. The Bertz CT molecular complexity index is 1030. The Morgan fingerprint density at radius 2 is 1.81 bits per heavy atom. The first kappa shape index (κ1) is 25.0. The summed E-state index contributed by atoms with van der Waals surface area (Å²) in [5.74, 6) is -1.66. The van der Waals surface area contributed by atoms with Gasteiger partial charge in [-0.25, -0.2) is 0 Å². The molecule has 2 saturated heterocycles. The van der Waals surface area contributed by atoms with E-state index in [9.17, 15) is 30.0 Å². The molecule has 4 N–H and O–H groups in total. The number of allylic oxidation sites excluding steroid dienone is 1. The van der Waals surface area contributed by atoms with Crippen LogP contribution in [0.15, 0.2) is 12.2 Å². The molecule has 2 heterocycles. The first-order valence-corrected chi connectivity index (χ1v) is 13.5. The van der Waals surface area contributed by atoms with Gasteiger partial charge in [0.25, 0.3) is 0 Å². The fourth-order valence-electron chi connectivity index (χ4n) is 9.88. The lowest BCUT2D eigenvalue weighted by molar-refractivity contribution is -0.226. The van der Waals surface area contributed by atoms with Gasteiger partial charge in [-0.1, -0.05) is 6.92 Å². The molecule has 0 amide bonds. The lowest BCUT2D eigenvalue weighted by Crippen LogP contribution is -2.65. The van der Waals surface area contributed by atoms with Crippen molar-refractivity contribution in [1.82, 2.24) is 0 Å². The molecule has 3 saturated carbocycles. The number of epoxide rings is 1. The van der Waals surface area contributed by atoms with E-state index in [4.69, 9.17) is 9.47 Å². The van der Waals surface area contributed by atoms with Crippen molar-refractivity contribution in [2.24, 2.45) is 40.4 Å².